The third-order valence-corrected chi connectivity index (χ3v) is 4.28. The van der Waals surface area contributed by atoms with Crippen LogP contribution in [-0.4, -0.2) is 23.5 Å². The van der Waals surface area contributed by atoms with Gasteiger partial charge in [0.1, 0.15) is 0 Å². The minimum Gasteiger partial charge on any atom is -0.463 e. The van der Waals surface area contributed by atoms with E-state index < -0.39 is 5.97 Å². The first kappa shape index (κ1) is 18.7. The van der Waals surface area contributed by atoms with Gasteiger partial charge in [0.05, 0.1) is 17.2 Å². The molecule has 0 atom stereocenters. The number of rotatable bonds is 7. The molecule has 0 spiro atoms. The molecule has 0 saturated carbocycles. The number of carbonyl (C=O) groups excluding carboxylic acids is 2. The third-order valence-electron chi connectivity index (χ3n) is 3.30. The molecule has 0 bridgehead atoms. The van der Waals surface area contributed by atoms with Crippen LogP contribution < -0.4 is 11.1 Å². The van der Waals surface area contributed by atoms with Crippen molar-refractivity contribution in [2.45, 2.75) is 26.7 Å². The number of ether oxygens (including phenoxy) is 1. The molecule has 2 aromatic rings. The van der Waals surface area contributed by atoms with Crippen molar-refractivity contribution in [1.82, 2.24) is 4.98 Å². The summed E-state index contributed by atoms with van der Waals surface area (Å²) in [6, 6.07) is 7.68. The Labute approximate surface area is 150 Å². The standard InChI is InChI=1S/C18H21N3O3S/c1-3-24-17(23)11-10-16-15(21-18(25-16)20-12(2)22)9-6-13-4-7-14(19)8-5-13/h4-5,7-8,10-11H,3,6,9,19H2,1-2H3,(H,20,21,22)/b11-10+. The Hall–Kier alpha value is -2.67. The Morgan fingerprint density at radius 1 is 1.28 bits per heavy atom. The van der Waals surface area contributed by atoms with E-state index in [1.54, 1.807) is 13.0 Å². The van der Waals surface area contributed by atoms with Crippen molar-refractivity contribution in [2.24, 2.45) is 0 Å². The summed E-state index contributed by atoms with van der Waals surface area (Å²) in [5.41, 5.74) is 8.39. The lowest BCUT2D eigenvalue weighted by atomic mass is 10.1. The maximum Gasteiger partial charge on any atom is 0.330 e. The first-order valence-corrected chi connectivity index (χ1v) is 8.76. The lowest BCUT2D eigenvalue weighted by Crippen LogP contribution is -2.05. The lowest BCUT2D eigenvalue weighted by molar-refractivity contribution is -0.137. The molecular formula is C18H21N3O3S. The van der Waals surface area contributed by atoms with Crippen LogP contribution in [0.25, 0.3) is 6.08 Å². The van der Waals surface area contributed by atoms with Gasteiger partial charge in [-0.3, -0.25) is 4.79 Å². The molecule has 0 fully saturated rings. The van der Waals surface area contributed by atoms with E-state index in [1.807, 2.05) is 24.3 Å². The number of thiazole rings is 1. The molecule has 0 unspecified atom stereocenters. The SMILES string of the molecule is CCOC(=O)/C=C/c1sc(NC(C)=O)nc1CCc1ccc(N)cc1. The molecule has 2 rings (SSSR count). The van der Waals surface area contributed by atoms with Gasteiger partial charge < -0.3 is 15.8 Å². The van der Waals surface area contributed by atoms with Crippen LogP contribution >= 0.6 is 11.3 Å². The molecule has 7 heteroatoms. The van der Waals surface area contributed by atoms with Crippen molar-refractivity contribution >= 4 is 40.1 Å². The number of nitrogen functional groups attached to an aromatic ring is 1. The predicted octanol–water partition coefficient (Wildman–Crippen LogP) is 3.05. The molecule has 25 heavy (non-hydrogen) atoms. The molecule has 0 radical (unpaired) electrons. The van der Waals surface area contributed by atoms with Crippen LogP contribution in [0, 0.1) is 0 Å². The van der Waals surface area contributed by atoms with Gasteiger partial charge in [-0.2, -0.15) is 0 Å². The highest BCUT2D eigenvalue weighted by atomic mass is 32.1. The van der Waals surface area contributed by atoms with Crippen molar-refractivity contribution < 1.29 is 14.3 Å². The Morgan fingerprint density at radius 2 is 2.00 bits per heavy atom. The van der Waals surface area contributed by atoms with Gasteiger partial charge in [-0.15, -0.1) is 0 Å². The molecule has 6 nitrogen and oxygen atoms in total. The summed E-state index contributed by atoms with van der Waals surface area (Å²) in [6.07, 6.45) is 4.52. The summed E-state index contributed by atoms with van der Waals surface area (Å²) < 4.78 is 4.89. The average Bonchev–Trinajstić information content (AvgIpc) is 2.93. The largest absolute Gasteiger partial charge is 0.463 e. The number of aromatic nitrogens is 1. The van der Waals surface area contributed by atoms with Crippen LogP contribution in [0.2, 0.25) is 0 Å². The highest BCUT2D eigenvalue weighted by Crippen LogP contribution is 2.26. The Balaban J connectivity index is 2.15. The Bertz CT molecular complexity index is 766. The van der Waals surface area contributed by atoms with E-state index in [4.69, 9.17) is 10.5 Å². The van der Waals surface area contributed by atoms with Crippen molar-refractivity contribution in [2.75, 3.05) is 17.7 Å². The molecule has 1 amide bonds. The number of nitrogens with two attached hydrogens (primary N) is 1. The number of carbonyl (C=O) groups is 2. The zero-order valence-corrected chi connectivity index (χ0v) is 15.1. The first-order valence-electron chi connectivity index (χ1n) is 7.94. The molecule has 0 saturated heterocycles. The van der Waals surface area contributed by atoms with Crippen molar-refractivity contribution in [3.05, 3.63) is 46.5 Å². The van der Waals surface area contributed by atoms with E-state index >= 15 is 0 Å². The average molecular weight is 359 g/mol. The summed E-state index contributed by atoms with van der Waals surface area (Å²) in [4.78, 5) is 28.1. The summed E-state index contributed by atoms with van der Waals surface area (Å²) in [5.74, 6) is -0.582. The monoisotopic (exact) mass is 359 g/mol. The maximum absolute atomic E-state index is 11.5. The van der Waals surface area contributed by atoms with Gasteiger partial charge in [0, 0.05) is 18.7 Å². The van der Waals surface area contributed by atoms with E-state index in [0.717, 1.165) is 28.2 Å². The second kappa shape index (κ2) is 8.98. The molecule has 0 aliphatic carbocycles. The number of amides is 1. The van der Waals surface area contributed by atoms with Crippen LogP contribution in [0.5, 0.6) is 0 Å². The highest BCUT2D eigenvalue weighted by molar-refractivity contribution is 7.16. The quantitative estimate of drug-likeness (QED) is 0.450. The lowest BCUT2D eigenvalue weighted by Gasteiger charge is -2.01. The summed E-state index contributed by atoms with van der Waals surface area (Å²) in [6.45, 7) is 3.52. The van der Waals surface area contributed by atoms with Gasteiger partial charge in [0.25, 0.3) is 0 Å². The van der Waals surface area contributed by atoms with Crippen LogP contribution in [-0.2, 0) is 27.2 Å². The molecule has 0 aliphatic rings. The van der Waals surface area contributed by atoms with Crippen molar-refractivity contribution in [3.63, 3.8) is 0 Å². The Morgan fingerprint density at radius 3 is 2.64 bits per heavy atom. The molecule has 3 N–H and O–H groups in total. The molecule has 1 aromatic carbocycles. The molecule has 132 valence electrons. The zero-order chi connectivity index (χ0) is 18.2. The number of esters is 1. The van der Waals surface area contributed by atoms with Gasteiger partial charge in [0.2, 0.25) is 5.91 Å². The van der Waals surface area contributed by atoms with Crippen LogP contribution in [0.15, 0.2) is 30.3 Å². The summed E-state index contributed by atoms with van der Waals surface area (Å²) in [7, 11) is 0. The van der Waals surface area contributed by atoms with Gasteiger partial charge in [0.15, 0.2) is 5.13 Å². The first-order chi connectivity index (χ1) is 12.0. The number of aryl methyl sites for hydroxylation is 2. The molecule has 1 aromatic heterocycles. The summed E-state index contributed by atoms with van der Waals surface area (Å²) >= 11 is 1.33. The van der Waals surface area contributed by atoms with Gasteiger partial charge in [-0.25, -0.2) is 9.78 Å². The third kappa shape index (κ3) is 6.04. The van der Waals surface area contributed by atoms with Crippen LogP contribution in [0.4, 0.5) is 10.8 Å². The molecule has 1 heterocycles. The maximum atomic E-state index is 11.5. The van der Waals surface area contributed by atoms with E-state index in [9.17, 15) is 9.59 Å². The highest BCUT2D eigenvalue weighted by Gasteiger charge is 2.11. The van der Waals surface area contributed by atoms with E-state index in [1.165, 1.54) is 24.3 Å². The molecular weight excluding hydrogens is 338 g/mol. The fraction of sp³-hybridized carbons (Fsp3) is 0.278. The normalized spacial score (nSPS) is 10.8. The van der Waals surface area contributed by atoms with Gasteiger partial charge in [-0.05, 0) is 43.5 Å². The van der Waals surface area contributed by atoms with Crippen molar-refractivity contribution in [3.8, 4) is 0 Å². The fourth-order valence-corrected chi connectivity index (χ4v) is 3.12. The summed E-state index contributed by atoms with van der Waals surface area (Å²) in [5, 5.41) is 3.20. The second-order valence-electron chi connectivity index (χ2n) is 5.34. The van der Waals surface area contributed by atoms with Crippen LogP contribution in [0.1, 0.15) is 30.0 Å². The number of nitrogens with zero attached hydrogens (tertiary/aromatic N) is 1. The number of nitrogens with one attached hydrogen (secondary N) is 1. The smallest absolute Gasteiger partial charge is 0.330 e. The second-order valence-corrected chi connectivity index (χ2v) is 6.37. The number of hydrogen-bond donors (Lipinski definition) is 2. The Kier molecular flexibility index (Phi) is 6.71. The van der Waals surface area contributed by atoms with E-state index in [2.05, 4.69) is 10.3 Å². The zero-order valence-electron chi connectivity index (χ0n) is 14.2. The number of hydrogen-bond acceptors (Lipinski definition) is 6. The molecule has 0 aliphatic heterocycles. The van der Waals surface area contributed by atoms with E-state index in [0.29, 0.717) is 18.2 Å². The predicted molar refractivity (Wildman–Crippen MR) is 100 cm³/mol. The number of benzene rings is 1. The fourth-order valence-electron chi connectivity index (χ4n) is 2.16. The number of anilines is 2. The topological polar surface area (TPSA) is 94.3 Å². The minimum atomic E-state index is -0.401. The van der Waals surface area contributed by atoms with Crippen molar-refractivity contribution in [1.29, 1.82) is 0 Å². The minimum absolute atomic E-state index is 0.181. The van der Waals surface area contributed by atoms with Gasteiger partial charge >= 0.3 is 5.97 Å². The van der Waals surface area contributed by atoms with Gasteiger partial charge in [-0.1, -0.05) is 23.5 Å². The van der Waals surface area contributed by atoms with Crippen LogP contribution in [0.3, 0.4) is 0 Å². The van der Waals surface area contributed by atoms with E-state index in [-0.39, 0.29) is 5.91 Å².